The molecule has 0 aromatic rings. The zero-order chi connectivity index (χ0) is 12.4. The van der Waals surface area contributed by atoms with E-state index in [0.29, 0.717) is 19.8 Å². The Balaban J connectivity index is 3.91. The zero-order valence-corrected chi connectivity index (χ0v) is 10.3. The first-order chi connectivity index (χ1) is 7.65. The van der Waals surface area contributed by atoms with Crippen LogP contribution in [0.25, 0.3) is 0 Å². The van der Waals surface area contributed by atoms with Crippen molar-refractivity contribution in [2.24, 2.45) is 0 Å². The summed E-state index contributed by atoms with van der Waals surface area (Å²) < 4.78 is 9.76. The number of carbonyl (C=O) groups excluding carboxylic acids is 2. The van der Waals surface area contributed by atoms with E-state index in [0.717, 1.165) is 12.8 Å². The topological polar surface area (TPSA) is 55.8 Å². The lowest BCUT2D eigenvalue weighted by Crippen LogP contribution is -2.36. The van der Waals surface area contributed by atoms with Gasteiger partial charge in [0.2, 0.25) is 0 Å². The molecule has 0 atom stereocenters. The molecule has 0 aliphatic carbocycles. The van der Waals surface area contributed by atoms with Gasteiger partial charge in [0.25, 0.3) is 0 Å². The monoisotopic (exact) mass is 231 g/mol. The molecule has 94 valence electrons. The van der Waals surface area contributed by atoms with Crippen LogP contribution < -0.4 is 0 Å². The summed E-state index contributed by atoms with van der Waals surface area (Å²) >= 11 is 0. The maximum atomic E-state index is 11.3. The number of nitrogens with zero attached hydrogens (tertiary/aromatic N) is 1. The Morgan fingerprint density at radius 1 is 1.12 bits per heavy atom. The fourth-order valence-corrected chi connectivity index (χ4v) is 1.05. The van der Waals surface area contributed by atoms with E-state index in [1.165, 1.54) is 4.90 Å². The van der Waals surface area contributed by atoms with Gasteiger partial charge in [0.1, 0.15) is 6.54 Å². The van der Waals surface area contributed by atoms with Gasteiger partial charge in [-0.2, -0.15) is 0 Å². The summed E-state index contributed by atoms with van der Waals surface area (Å²) in [6.07, 6.45) is 1.34. The molecule has 0 N–H and O–H groups in total. The number of carbonyl (C=O) groups is 2. The van der Waals surface area contributed by atoms with Crippen molar-refractivity contribution >= 4 is 12.1 Å². The highest BCUT2D eigenvalue weighted by Crippen LogP contribution is 1.96. The van der Waals surface area contributed by atoms with Gasteiger partial charge in [-0.25, -0.2) is 4.79 Å². The van der Waals surface area contributed by atoms with Gasteiger partial charge in [0.15, 0.2) is 0 Å². The Morgan fingerprint density at radius 3 is 2.31 bits per heavy atom. The van der Waals surface area contributed by atoms with Crippen LogP contribution in [0.1, 0.15) is 33.6 Å². The molecule has 0 aliphatic rings. The van der Waals surface area contributed by atoms with Crippen molar-refractivity contribution in [3.8, 4) is 0 Å². The number of unbranched alkanes of at least 4 members (excludes halogenated alkanes) is 1. The van der Waals surface area contributed by atoms with Crippen molar-refractivity contribution in [3.63, 3.8) is 0 Å². The summed E-state index contributed by atoms with van der Waals surface area (Å²) in [6.45, 7) is 6.64. The summed E-state index contributed by atoms with van der Waals surface area (Å²) in [5.74, 6) is -0.386. The third kappa shape index (κ3) is 6.27. The molecule has 0 radical (unpaired) electrons. The summed E-state index contributed by atoms with van der Waals surface area (Å²) in [4.78, 5) is 24.0. The van der Waals surface area contributed by atoms with Crippen molar-refractivity contribution in [1.82, 2.24) is 4.90 Å². The molecular weight excluding hydrogens is 210 g/mol. The number of esters is 1. The average Bonchev–Trinajstić information content (AvgIpc) is 2.26. The van der Waals surface area contributed by atoms with Gasteiger partial charge in [0, 0.05) is 6.54 Å². The van der Waals surface area contributed by atoms with E-state index in [1.54, 1.807) is 13.8 Å². The largest absolute Gasteiger partial charge is 0.464 e. The van der Waals surface area contributed by atoms with Crippen LogP contribution in [0.3, 0.4) is 0 Å². The molecule has 0 aliphatic heterocycles. The third-order valence-corrected chi connectivity index (χ3v) is 1.99. The van der Waals surface area contributed by atoms with Gasteiger partial charge in [-0.05, 0) is 20.3 Å². The Kier molecular flexibility index (Phi) is 8.29. The lowest BCUT2D eigenvalue weighted by atomic mass is 10.4. The first-order valence-electron chi connectivity index (χ1n) is 5.72. The van der Waals surface area contributed by atoms with E-state index in [2.05, 4.69) is 0 Å². The highest BCUT2D eigenvalue weighted by molar-refractivity contribution is 5.78. The van der Waals surface area contributed by atoms with Crippen molar-refractivity contribution in [3.05, 3.63) is 0 Å². The lowest BCUT2D eigenvalue weighted by Gasteiger charge is -2.18. The highest BCUT2D eigenvalue weighted by Gasteiger charge is 2.16. The van der Waals surface area contributed by atoms with E-state index in [-0.39, 0.29) is 12.5 Å². The second kappa shape index (κ2) is 9.00. The van der Waals surface area contributed by atoms with Crippen molar-refractivity contribution < 1.29 is 19.1 Å². The van der Waals surface area contributed by atoms with Crippen LogP contribution in [0.15, 0.2) is 0 Å². The fraction of sp³-hybridized carbons (Fsp3) is 0.818. The van der Waals surface area contributed by atoms with Crippen LogP contribution in [-0.4, -0.2) is 43.3 Å². The molecule has 0 unspecified atom stereocenters. The normalized spacial score (nSPS) is 9.69. The average molecular weight is 231 g/mol. The van der Waals surface area contributed by atoms with Gasteiger partial charge in [-0.15, -0.1) is 0 Å². The number of hydrogen-bond acceptors (Lipinski definition) is 4. The maximum Gasteiger partial charge on any atom is 0.410 e. The lowest BCUT2D eigenvalue weighted by molar-refractivity contribution is -0.144. The van der Waals surface area contributed by atoms with Gasteiger partial charge < -0.3 is 9.47 Å². The summed E-state index contributed by atoms with van der Waals surface area (Å²) in [5.41, 5.74) is 0. The number of likely N-dealkylation sites (N-methyl/N-ethyl adjacent to an activating group) is 1. The van der Waals surface area contributed by atoms with Crippen molar-refractivity contribution in [1.29, 1.82) is 0 Å². The van der Waals surface area contributed by atoms with E-state index < -0.39 is 6.09 Å². The van der Waals surface area contributed by atoms with Gasteiger partial charge in [-0.1, -0.05) is 13.3 Å². The van der Waals surface area contributed by atoms with E-state index in [1.807, 2.05) is 6.92 Å². The predicted octanol–water partition coefficient (Wildman–Crippen LogP) is 1.81. The summed E-state index contributed by atoms with van der Waals surface area (Å²) in [5, 5.41) is 0. The number of amides is 1. The van der Waals surface area contributed by atoms with Crippen molar-refractivity contribution in [2.45, 2.75) is 33.6 Å². The fourth-order valence-electron chi connectivity index (χ4n) is 1.05. The molecule has 0 aromatic heterocycles. The SMILES string of the molecule is CCCCOC(=O)CN(CC)C(=O)OCC. The molecule has 0 aromatic carbocycles. The quantitative estimate of drug-likeness (QED) is 0.495. The van der Waals surface area contributed by atoms with Crippen LogP contribution in [0, 0.1) is 0 Å². The van der Waals surface area contributed by atoms with Gasteiger partial charge in [-0.3, -0.25) is 9.69 Å². The zero-order valence-electron chi connectivity index (χ0n) is 10.3. The maximum absolute atomic E-state index is 11.3. The molecular formula is C11H21NO4. The van der Waals surface area contributed by atoms with Crippen LogP contribution >= 0.6 is 0 Å². The molecule has 0 saturated carbocycles. The molecule has 0 fully saturated rings. The second-order valence-electron chi connectivity index (χ2n) is 3.29. The minimum Gasteiger partial charge on any atom is -0.464 e. The van der Waals surface area contributed by atoms with E-state index >= 15 is 0 Å². The smallest absolute Gasteiger partial charge is 0.410 e. The molecule has 0 heterocycles. The van der Waals surface area contributed by atoms with Gasteiger partial charge >= 0.3 is 12.1 Å². The molecule has 1 amide bonds. The van der Waals surface area contributed by atoms with Crippen LogP contribution in [0.4, 0.5) is 4.79 Å². The first-order valence-corrected chi connectivity index (χ1v) is 5.72. The molecule has 0 bridgehead atoms. The first kappa shape index (κ1) is 14.7. The Bertz CT molecular complexity index is 218. The predicted molar refractivity (Wildman–Crippen MR) is 60.1 cm³/mol. The molecule has 5 nitrogen and oxygen atoms in total. The number of rotatable bonds is 7. The Labute approximate surface area is 96.7 Å². The molecule has 16 heavy (non-hydrogen) atoms. The van der Waals surface area contributed by atoms with E-state index in [4.69, 9.17) is 9.47 Å². The summed E-state index contributed by atoms with van der Waals surface area (Å²) in [7, 11) is 0. The highest BCUT2D eigenvalue weighted by atomic mass is 16.6. The number of hydrogen-bond donors (Lipinski definition) is 0. The Hall–Kier alpha value is -1.26. The molecule has 0 rings (SSSR count). The van der Waals surface area contributed by atoms with Gasteiger partial charge in [0.05, 0.1) is 13.2 Å². The van der Waals surface area contributed by atoms with E-state index in [9.17, 15) is 9.59 Å². The molecule has 0 saturated heterocycles. The minimum atomic E-state index is -0.475. The van der Waals surface area contributed by atoms with Crippen LogP contribution in [0.2, 0.25) is 0 Å². The van der Waals surface area contributed by atoms with Crippen LogP contribution in [0.5, 0.6) is 0 Å². The third-order valence-electron chi connectivity index (χ3n) is 1.99. The second-order valence-corrected chi connectivity index (χ2v) is 3.29. The Morgan fingerprint density at radius 2 is 1.81 bits per heavy atom. The standard InChI is InChI=1S/C11H21NO4/c1-4-7-8-16-10(13)9-12(5-2)11(14)15-6-3/h4-9H2,1-3H3. The van der Waals surface area contributed by atoms with Crippen LogP contribution in [-0.2, 0) is 14.3 Å². The minimum absolute atomic E-state index is 0.0426. The summed E-state index contributed by atoms with van der Waals surface area (Å²) in [6, 6.07) is 0. The van der Waals surface area contributed by atoms with Crippen molar-refractivity contribution in [2.75, 3.05) is 26.3 Å². The molecule has 5 heteroatoms. The number of ether oxygens (including phenoxy) is 2. The molecule has 0 spiro atoms.